The molecule has 0 aliphatic carbocycles. The van der Waals surface area contributed by atoms with E-state index in [1.54, 1.807) is 0 Å². The second kappa shape index (κ2) is 13.1. The largest absolute Gasteiger partial charge is 0.389 e. The van der Waals surface area contributed by atoms with Gasteiger partial charge in [0, 0.05) is 0 Å². The average Bonchev–Trinajstić information content (AvgIpc) is 2.38. The number of unbranched alkanes of at least 4 members (excludes halogenated alkanes) is 6. The van der Waals surface area contributed by atoms with E-state index in [9.17, 15) is 5.11 Å². The van der Waals surface area contributed by atoms with Crippen LogP contribution in [-0.2, 0) is 0 Å². The smallest absolute Gasteiger partial charge is 0.0748 e. The van der Waals surface area contributed by atoms with Crippen molar-refractivity contribution in [2.75, 3.05) is 0 Å². The molecule has 0 fully saturated rings. The Balaban J connectivity index is 3.68. The van der Waals surface area contributed by atoms with Gasteiger partial charge in [-0.15, -0.1) is 0 Å². The molecule has 108 valence electrons. The quantitative estimate of drug-likeness (QED) is 0.361. The summed E-state index contributed by atoms with van der Waals surface area (Å²) < 4.78 is 0. The van der Waals surface area contributed by atoms with Gasteiger partial charge in [0.1, 0.15) is 0 Å². The lowest BCUT2D eigenvalue weighted by molar-refractivity contribution is 0.141. The maximum Gasteiger partial charge on any atom is 0.0748 e. The highest BCUT2D eigenvalue weighted by atomic mass is 16.3. The summed E-state index contributed by atoms with van der Waals surface area (Å²) in [7, 11) is 0. The van der Waals surface area contributed by atoms with E-state index in [0.717, 1.165) is 19.3 Å². The highest BCUT2D eigenvalue weighted by Crippen LogP contribution is 2.19. The topological polar surface area (TPSA) is 20.2 Å². The van der Waals surface area contributed by atoms with Crippen LogP contribution in [0.15, 0.2) is 12.2 Å². The molecule has 0 amide bonds. The van der Waals surface area contributed by atoms with Gasteiger partial charge in [-0.1, -0.05) is 84.3 Å². The molecule has 18 heavy (non-hydrogen) atoms. The van der Waals surface area contributed by atoms with Crippen molar-refractivity contribution in [2.45, 2.75) is 91.1 Å². The van der Waals surface area contributed by atoms with E-state index < -0.39 is 0 Å². The molecule has 0 aromatic heterocycles. The number of aliphatic hydroxyl groups is 1. The molecule has 0 heterocycles. The first kappa shape index (κ1) is 17.7. The van der Waals surface area contributed by atoms with Crippen molar-refractivity contribution < 1.29 is 5.11 Å². The van der Waals surface area contributed by atoms with Gasteiger partial charge in [-0.2, -0.15) is 0 Å². The van der Waals surface area contributed by atoms with E-state index in [0.29, 0.717) is 5.92 Å². The van der Waals surface area contributed by atoms with Gasteiger partial charge in [-0.3, -0.25) is 0 Å². The predicted molar refractivity (Wildman–Crippen MR) is 81.8 cm³/mol. The van der Waals surface area contributed by atoms with Crippen LogP contribution in [0.1, 0.15) is 85.0 Å². The fourth-order valence-corrected chi connectivity index (χ4v) is 2.36. The molecule has 0 bridgehead atoms. The molecule has 2 atom stereocenters. The van der Waals surface area contributed by atoms with Crippen LogP contribution < -0.4 is 0 Å². The molecule has 1 heteroatoms. The Hall–Kier alpha value is -0.300. The van der Waals surface area contributed by atoms with Crippen molar-refractivity contribution in [3.8, 4) is 0 Å². The van der Waals surface area contributed by atoms with Gasteiger partial charge in [0.25, 0.3) is 0 Å². The van der Waals surface area contributed by atoms with Crippen LogP contribution in [0.3, 0.4) is 0 Å². The molecule has 2 unspecified atom stereocenters. The molecule has 0 spiro atoms. The van der Waals surface area contributed by atoms with E-state index >= 15 is 0 Å². The van der Waals surface area contributed by atoms with Gasteiger partial charge in [0.15, 0.2) is 0 Å². The summed E-state index contributed by atoms with van der Waals surface area (Å²) in [6.07, 6.45) is 16.5. The second-order valence-corrected chi connectivity index (χ2v) is 5.43. The lowest BCUT2D eigenvalue weighted by atomic mass is 9.92. The molecule has 0 saturated carbocycles. The van der Waals surface area contributed by atoms with Crippen LogP contribution in [0, 0.1) is 5.92 Å². The molecule has 0 radical (unpaired) electrons. The Morgan fingerprint density at radius 1 is 0.889 bits per heavy atom. The SMILES string of the molecule is CCCC=CC(O)C(CC)CCCCCCCC. The van der Waals surface area contributed by atoms with Crippen molar-refractivity contribution in [3.05, 3.63) is 12.2 Å². The Labute approximate surface area is 115 Å². The van der Waals surface area contributed by atoms with Crippen molar-refractivity contribution in [1.29, 1.82) is 0 Å². The lowest BCUT2D eigenvalue weighted by Crippen LogP contribution is -2.17. The molecule has 0 rings (SSSR count). The summed E-state index contributed by atoms with van der Waals surface area (Å²) in [5, 5.41) is 10.1. The highest BCUT2D eigenvalue weighted by Gasteiger charge is 2.13. The minimum absolute atomic E-state index is 0.225. The number of rotatable bonds is 12. The van der Waals surface area contributed by atoms with Gasteiger partial charge in [0.05, 0.1) is 6.10 Å². The predicted octanol–water partition coefficient (Wildman–Crippen LogP) is 5.48. The van der Waals surface area contributed by atoms with E-state index in [1.807, 2.05) is 6.08 Å². The van der Waals surface area contributed by atoms with E-state index in [1.165, 1.54) is 44.9 Å². The minimum Gasteiger partial charge on any atom is -0.389 e. The monoisotopic (exact) mass is 254 g/mol. The standard InChI is InChI=1S/C17H34O/c1-4-7-9-10-11-13-14-16(6-3)17(18)15-12-8-5-2/h12,15-18H,4-11,13-14H2,1-3H3. The van der Waals surface area contributed by atoms with E-state index in [4.69, 9.17) is 0 Å². The Morgan fingerprint density at radius 3 is 2.17 bits per heavy atom. The zero-order valence-electron chi connectivity index (χ0n) is 12.8. The first-order valence-corrected chi connectivity index (χ1v) is 8.10. The van der Waals surface area contributed by atoms with Gasteiger partial charge in [-0.05, 0) is 18.8 Å². The van der Waals surface area contributed by atoms with Gasteiger partial charge >= 0.3 is 0 Å². The zero-order chi connectivity index (χ0) is 13.6. The molecule has 0 saturated heterocycles. The van der Waals surface area contributed by atoms with Crippen molar-refractivity contribution in [3.63, 3.8) is 0 Å². The Bertz CT molecular complexity index is 186. The zero-order valence-corrected chi connectivity index (χ0v) is 12.8. The Kier molecular flexibility index (Phi) is 12.9. The summed E-state index contributed by atoms with van der Waals surface area (Å²) in [4.78, 5) is 0. The minimum atomic E-state index is -0.225. The molecule has 0 aliphatic rings. The summed E-state index contributed by atoms with van der Waals surface area (Å²) in [5.41, 5.74) is 0. The second-order valence-electron chi connectivity index (χ2n) is 5.43. The first-order chi connectivity index (χ1) is 8.76. The number of aliphatic hydroxyl groups excluding tert-OH is 1. The van der Waals surface area contributed by atoms with Crippen LogP contribution in [0.25, 0.3) is 0 Å². The third kappa shape index (κ3) is 9.70. The third-order valence-electron chi connectivity index (χ3n) is 3.72. The molecular weight excluding hydrogens is 220 g/mol. The average molecular weight is 254 g/mol. The molecule has 0 aromatic rings. The van der Waals surface area contributed by atoms with Crippen molar-refractivity contribution in [2.24, 2.45) is 5.92 Å². The molecule has 0 aromatic carbocycles. The summed E-state index contributed by atoms with van der Waals surface area (Å²) in [5.74, 6) is 0.462. The molecule has 0 aliphatic heterocycles. The van der Waals surface area contributed by atoms with Gasteiger partial charge in [-0.25, -0.2) is 0 Å². The first-order valence-electron chi connectivity index (χ1n) is 8.10. The van der Waals surface area contributed by atoms with Crippen LogP contribution >= 0.6 is 0 Å². The summed E-state index contributed by atoms with van der Waals surface area (Å²) in [6.45, 7) is 6.62. The van der Waals surface area contributed by atoms with Crippen LogP contribution in [0.5, 0.6) is 0 Å². The van der Waals surface area contributed by atoms with Gasteiger partial charge in [0.2, 0.25) is 0 Å². The lowest BCUT2D eigenvalue weighted by Gasteiger charge is -2.18. The molecule has 1 N–H and O–H groups in total. The number of hydrogen-bond donors (Lipinski definition) is 1. The number of hydrogen-bond acceptors (Lipinski definition) is 1. The highest BCUT2D eigenvalue weighted by molar-refractivity contribution is 4.91. The van der Waals surface area contributed by atoms with Gasteiger partial charge < -0.3 is 5.11 Å². The van der Waals surface area contributed by atoms with E-state index in [-0.39, 0.29) is 6.10 Å². The van der Waals surface area contributed by atoms with E-state index in [2.05, 4.69) is 26.8 Å². The maximum atomic E-state index is 10.1. The van der Waals surface area contributed by atoms with Crippen LogP contribution in [0.2, 0.25) is 0 Å². The summed E-state index contributed by atoms with van der Waals surface area (Å²) in [6, 6.07) is 0. The fourth-order valence-electron chi connectivity index (χ4n) is 2.36. The molecule has 1 nitrogen and oxygen atoms in total. The fraction of sp³-hybridized carbons (Fsp3) is 0.882. The number of allylic oxidation sites excluding steroid dienone is 1. The third-order valence-corrected chi connectivity index (χ3v) is 3.72. The normalized spacial score (nSPS) is 15.1. The summed E-state index contributed by atoms with van der Waals surface area (Å²) >= 11 is 0. The van der Waals surface area contributed by atoms with Crippen LogP contribution in [-0.4, -0.2) is 11.2 Å². The van der Waals surface area contributed by atoms with Crippen molar-refractivity contribution >= 4 is 0 Å². The van der Waals surface area contributed by atoms with Crippen LogP contribution in [0.4, 0.5) is 0 Å². The Morgan fingerprint density at radius 2 is 1.56 bits per heavy atom. The maximum absolute atomic E-state index is 10.1. The molecular formula is C17H34O. The van der Waals surface area contributed by atoms with Crippen molar-refractivity contribution in [1.82, 2.24) is 0 Å².